The number of halogens is 1. The van der Waals surface area contributed by atoms with Crippen LogP contribution >= 0.6 is 0 Å². The second-order valence-corrected chi connectivity index (χ2v) is 5.62. The normalized spacial score (nSPS) is 10.8. The van der Waals surface area contributed by atoms with Crippen LogP contribution in [0.4, 0.5) is 4.39 Å². The van der Waals surface area contributed by atoms with E-state index in [2.05, 4.69) is 15.0 Å². The summed E-state index contributed by atoms with van der Waals surface area (Å²) in [7, 11) is 1.67. The van der Waals surface area contributed by atoms with Crippen molar-refractivity contribution in [1.82, 2.24) is 19.9 Å². The Balaban J connectivity index is 1.86. The molecule has 1 N–H and O–H groups in total. The van der Waals surface area contributed by atoms with Crippen molar-refractivity contribution in [3.8, 4) is 11.6 Å². The van der Waals surface area contributed by atoms with Crippen LogP contribution in [0, 0.1) is 12.7 Å². The van der Waals surface area contributed by atoms with Crippen LogP contribution in [0.2, 0.25) is 0 Å². The molecule has 2 aromatic heterocycles. The van der Waals surface area contributed by atoms with Crippen LogP contribution < -0.4 is 4.74 Å². The van der Waals surface area contributed by atoms with Crippen molar-refractivity contribution in [2.75, 3.05) is 7.05 Å². The van der Waals surface area contributed by atoms with Gasteiger partial charge in [0.05, 0.1) is 12.2 Å². The third kappa shape index (κ3) is 3.19. The highest BCUT2D eigenvalue weighted by atomic mass is 19.1. The molecule has 0 aliphatic carbocycles. The zero-order valence-electron chi connectivity index (χ0n) is 13.6. The molecule has 0 aliphatic heterocycles. The van der Waals surface area contributed by atoms with E-state index in [4.69, 9.17) is 4.74 Å². The molecule has 3 rings (SSSR count). The monoisotopic (exact) mass is 328 g/mol. The molecule has 0 saturated carbocycles. The number of hydrogen-bond acceptors (Lipinski definition) is 4. The Morgan fingerprint density at radius 3 is 2.88 bits per heavy atom. The van der Waals surface area contributed by atoms with Gasteiger partial charge in [0, 0.05) is 36.6 Å². The van der Waals surface area contributed by atoms with Crippen molar-refractivity contribution in [2.45, 2.75) is 20.4 Å². The number of nitrogens with zero attached hydrogens (tertiary/aromatic N) is 3. The van der Waals surface area contributed by atoms with Gasteiger partial charge in [-0.05, 0) is 25.1 Å². The van der Waals surface area contributed by atoms with Crippen LogP contribution in [0.25, 0.3) is 10.9 Å². The molecule has 0 bridgehead atoms. The van der Waals surface area contributed by atoms with Crippen molar-refractivity contribution in [2.24, 2.45) is 0 Å². The van der Waals surface area contributed by atoms with E-state index in [0.29, 0.717) is 23.1 Å². The molecule has 0 aliphatic rings. The number of ether oxygens (including phenoxy) is 1. The van der Waals surface area contributed by atoms with Crippen molar-refractivity contribution in [1.29, 1.82) is 0 Å². The Morgan fingerprint density at radius 2 is 2.12 bits per heavy atom. The van der Waals surface area contributed by atoms with Gasteiger partial charge in [-0.2, -0.15) is 0 Å². The molecule has 0 atom stereocenters. The highest BCUT2D eigenvalue weighted by Gasteiger charge is 2.13. The first-order valence-electron chi connectivity index (χ1n) is 7.42. The van der Waals surface area contributed by atoms with Crippen LogP contribution in [0.5, 0.6) is 11.6 Å². The second kappa shape index (κ2) is 6.27. The third-order valence-corrected chi connectivity index (χ3v) is 3.69. The predicted molar refractivity (Wildman–Crippen MR) is 87.2 cm³/mol. The summed E-state index contributed by atoms with van der Waals surface area (Å²) in [6.07, 6.45) is 1.33. The Bertz CT molecular complexity index is 907. The highest BCUT2D eigenvalue weighted by Crippen LogP contribution is 2.29. The molecule has 24 heavy (non-hydrogen) atoms. The number of rotatable bonds is 4. The van der Waals surface area contributed by atoms with Crippen LogP contribution in [0.1, 0.15) is 18.3 Å². The summed E-state index contributed by atoms with van der Waals surface area (Å²) < 4.78 is 20.1. The fourth-order valence-corrected chi connectivity index (χ4v) is 2.35. The van der Waals surface area contributed by atoms with E-state index in [1.54, 1.807) is 31.3 Å². The van der Waals surface area contributed by atoms with Gasteiger partial charge in [-0.3, -0.25) is 4.79 Å². The summed E-state index contributed by atoms with van der Waals surface area (Å²) in [4.78, 5) is 24.0. The first-order valence-corrected chi connectivity index (χ1v) is 7.42. The molecule has 2 heterocycles. The average molecular weight is 328 g/mol. The summed E-state index contributed by atoms with van der Waals surface area (Å²) in [5.41, 5.74) is 2.19. The SMILES string of the molecule is CC(=O)N(C)Cc1cc(Oc2ccc3[nH]c(C)cc3c2F)ncn1. The van der Waals surface area contributed by atoms with Gasteiger partial charge in [0.25, 0.3) is 0 Å². The number of fused-ring (bicyclic) bond motifs is 1. The lowest BCUT2D eigenvalue weighted by Crippen LogP contribution is -2.23. The fraction of sp³-hybridized carbons (Fsp3) is 0.235. The molecular weight excluding hydrogens is 311 g/mol. The number of nitrogens with one attached hydrogen (secondary N) is 1. The number of H-pyrrole nitrogens is 1. The Morgan fingerprint density at radius 1 is 1.33 bits per heavy atom. The Hall–Kier alpha value is -2.96. The van der Waals surface area contributed by atoms with Gasteiger partial charge in [-0.1, -0.05) is 0 Å². The fourth-order valence-electron chi connectivity index (χ4n) is 2.35. The van der Waals surface area contributed by atoms with E-state index in [0.717, 1.165) is 5.69 Å². The van der Waals surface area contributed by atoms with E-state index >= 15 is 0 Å². The van der Waals surface area contributed by atoms with Crippen molar-refractivity contribution < 1.29 is 13.9 Å². The molecule has 3 aromatic rings. The second-order valence-electron chi connectivity index (χ2n) is 5.62. The molecule has 7 heteroatoms. The Kier molecular flexibility index (Phi) is 4.16. The number of aromatic amines is 1. The number of amides is 1. The quantitative estimate of drug-likeness (QED) is 0.798. The van der Waals surface area contributed by atoms with Gasteiger partial charge >= 0.3 is 0 Å². The summed E-state index contributed by atoms with van der Waals surface area (Å²) in [6.45, 7) is 3.66. The number of aromatic nitrogens is 3. The summed E-state index contributed by atoms with van der Waals surface area (Å²) in [5, 5.41) is 0.468. The van der Waals surface area contributed by atoms with Crippen LogP contribution in [0.3, 0.4) is 0 Å². The van der Waals surface area contributed by atoms with E-state index < -0.39 is 5.82 Å². The molecule has 0 saturated heterocycles. The molecule has 0 fully saturated rings. The standard InChI is InChI=1S/C17H17FN4O2/c1-10-6-13-14(21-10)4-5-15(17(13)18)24-16-7-12(19-9-20-16)8-22(3)11(2)23/h4-7,9,21H,8H2,1-3H3. The molecule has 1 amide bonds. The maximum absolute atomic E-state index is 14.5. The number of benzene rings is 1. The third-order valence-electron chi connectivity index (χ3n) is 3.69. The highest BCUT2D eigenvalue weighted by molar-refractivity contribution is 5.82. The zero-order valence-corrected chi connectivity index (χ0v) is 13.6. The van der Waals surface area contributed by atoms with Gasteiger partial charge in [-0.15, -0.1) is 0 Å². The predicted octanol–water partition coefficient (Wildman–Crippen LogP) is 3.18. The van der Waals surface area contributed by atoms with E-state index in [1.807, 2.05) is 6.92 Å². The largest absolute Gasteiger partial charge is 0.436 e. The molecule has 0 radical (unpaired) electrons. The lowest BCUT2D eigenvalue weighted by Gasteiger charge is -2.14. The van der Waals surface area contributed by atoms with Gasteiger partial charge in [-0.25, -0.2) is 14.4 Å². The maximum Gasteiger partial charge on any atom is 0.222 e. The minimum atomic E-state index is -0.446. The number of aryl methyl sites for hydroxylation is 1. The molecule has 1 aromatic carbocycles. The molecule has 6 nitrogen and oxygen atoms in total. The minimum absolute atomic E-state index is 0.0737. The van der Waals surface area contributed by atoms with Crippen LogP contribution in [-0.2, 0) is 11.3 Å². The summed E-state index contributed by atoms with van der Waals surface area (Å²) in [5.74, 6) is -0.207. The van der Waals surface area contributed by atoms with Gasteiger partial charge in [0.2, 0.25) is 11.8 Å². The van der Waals surface area contributed by atoms with E-state index in [1.165, 1.54) is 18.2 Å². The van der Waals surface area contributed by atoms with Gasteiger partial charge in [0.15, 0.2) is 11.6 Å². The lowest BCUT2D eigenvalue weighted by atomic mass is 10.2. The zero-order chi connectivity index (χ0) is 17.3. The van der Waals surface area contributed by atoms with Crippen molar-refractivity contribution in [3.63, 3.8) is 0 Å². The number of carbonyl (C=O) groups is 1. The first-order chi connectivity index (χ1) is 11.4. The lowest BCUT2D eigenvalue weighted by molar-refractivity contribution is -0.128. The van der Waals surface area contributed by atoms with Crippen LogP contribution in [0.15, 0.2) is 30.6 Å². The minimum Gasteiger partial charge on any atom is -0.436 e. The van der Waals surface area contributed by atoms with Crippen molar-refractivity contribution >= 4 is 16.8 Å². The Labute approximate surface area is 138 Å². The summed E-state index contributed by atoms with van der Waals surface area (Å²) in [6, 6.07) is 6.62. The van der Waals surface area contributed by atoms with Crippen molar-refractivity contribution in [3.05, 3.63) is 47.8 Å². The number of hydrogen-bond donors (Lipinski definition) is 1. The summed E-state index contributed by atoms with van der Waals surface area (Å²) >= 11 is 0. The molecule has 0 unspecified atom stereocenters. The molecule has 0 spiro atoms. The van der Waals surface area contributed by atoms with E-state index in [9.17, 15) is 9.18 Å². The number of carbonyl (C=O) groups excluding carboxylic acids is 1. The van der Waals surface area contributed by atoms with Gasteiger partial charge < -0.3 is 14.6 Å². The maximum atomic E-state index is 14.5. The van der Waals surface area contributed by atoms with E-state index in [-0.39, 0.29) is 17.5 Å². The first kappa shape index (κ1) is 15.9. The topological polar surface area (TPSA) is 71.1 Å². The smallest absolute Gasteiger partial charge is 0.222 e. The van der Waals surface area contributed by atoms with Crippen LogP contribution in [-0.4, -0.2) is 32.8 Å². The van der Waals surface area contributed by atoms with Gasteiger partial charge in [0.1, 0.15) is 6.33 Å². The molecular formula is C17H17FN4O2. The average Bonchev–Trinajstić information content (AvgIpc) is 2.92. The molecule has 124 valence electrons.